The van der Waals surface area contributed by atoms with Crippen LogP contribution in [0, 0.1) is 12.8 Å². The molecule has 2 amide bonds. The van der Waals surface area contributed by atoms with Gasteiger partial charge >= 0.3 is 0 Å². The van der Waals surface area contributed by atoms with Gasteiger partial charge in [-0.25, -0.2) is 0 Å². The van der Waals surface area contributed by atoms with E-state index in [0.29, 0.717) is 23.7 Å². The van der Waals surface area contributed by atoms with E-state index >= 15 is 0 Å². The van der Waals surface area contributed by atoms with Gasteiger partial charge in [0, 0.05) is 17.8 Å². The summed E-state index contributed by atoms with van der Waals surface area (Å²) in [7, 11) is 0. The molecule has 22 heavy (non-hydrogen) atoms. The number of nitrogens with one attached hydrogen (secondary N) is 2. The zero-order chi connectivity index (χ0) is 15.6. The minimum atomic E-state index is -0.695. The van der Waals surface area contributed by atoms with Crippen LogP contribution in [0.3, 0.4) is 0 Å². The van der Waals surface area contributed by atoms with Crippen LogP contribution in [0.1, 0.15) is 42.6 Å². The molecule has 1 aliphatic carbocycles. The lowest BCUT2D eigenvalue weighted by Gasteiger charge is -2.13. The van der Waals surface area contributed by atoms with E-state index in [1.165, 1.54) is 0 Å². The number of amides is 2. The van der Waals surface area contributed by atoms with Crippen molar-refractivity contribution in [3.05, 3.63) is 29.3 Å². The van der Waals surface area contributed by atoms with Gasteiger partial charge in [0.05, 0.1) is 5.54 Å². The van der Waals surface area contributed by atoms with Gasteiger partial charge in [0.15, 0.2) is 0 Å². The van der Waals surface area contributed by atoms with Crippen LogP contribution >= 0.6 is 12.4 Å². The van der Waals surface area contributed by atoms with Gasteiger partial charge in [-0.3, -0.25) is 9.59 Å². The molecule has 1 fully saturated rings. The highest BCUT2D eigenvalue weighted by Crippen LogP contribution is 2.33. The first-order valence-corrected chi connectivity index (χ1v) is 7.31. The third-order valence-corrected chi connectivity index (χ3v) is 3.65. The number of hydrogen-bond donors (Lipinski definition) is 3. The van der Waals surface area contributed by atoms with Crippen LogP contribution in [0.2, 0.25) is 0 Å². The Labute approximate surface area is 137 Å². The van der Waals surface area contributed by atoms with Crippen LogP contribution in [0.5, 0.6) is 0 Å². The lowest BCUT2D eigenvalue weighted by atomic mass is 10.1. The van der Waals surface area contributed by atoms with Crippen molar-refractivity contribution in [1.82, 2.24) is 5.32 Å². The number of aryl methyl sites for hydroxylation is 1. The number of hydrogen-bond acceptors (Lipinski definition) is 3. The predicted octanol–water partition coefficient (Wildman–Crippen LogP) is 2.23. The number of benzene rings is 1. The maximum absolute atomic E-state index is 12.0. The Morgan fingerprint density at radius 1 is 1.32 bits per heavy atom. The van der Waals surface area contributed by atoms with Crippen LogP contribution in [0.25, 0.3) is 0 Å². The molecule has 0 heterocycles. The molecule has 0 radical (unpaired) electrons. The Kier molecular flexibility index (Phi) is 5.97. The molecule has 1 saturated carbocycles. The standard InChI is InChI=1S/C16H23N3O2.ClH/c1-10(2)9-18-14(20)12-4-5-13(11(3)8-12)19-15(21)16(17)6-7-16;/h4-5,8,10H,6-7,9,17H2,1-3H3,(H,18,20)(H,19,21);1H. The van der Waals surface area contributed by atoms with Crippen LogP contribution in [-0.4, -0.2) is 23.9 Å². The molecule has 6 heteroatoms. The monoisotopic (exact) mass is 325 g/mol. The summed E-state index contributed by atoms with van der Waals surface area (Å²) in [6.45, 7) is 6.60. The topological polar surface area (TPSA) is 84.2 Å². The fraction of sp³-hybridized carbons (Fsp3) is 0.500. The van der Waals surface area contributed by atoms with E-state index in [9.17, 15) is 9.59 Å². The fourth-order valence-corrected chi connectivity index (χ4v) is 1.95. The quantitative estimate of drug-likeness (QED) is 0.776. The highest BCUT2D eigenvalue weighted by atomic mass is 35.5. The van der Waals surface area contributed by atoms with E-state index in [4.69, 9.17) is 5.73 Å². The van der Waals surface area contributed by atoms with Crippen molar-refractivity contribution in [3.8, 4) is 0 Å². The van der Waals surface area contributed by atoms with Crippen LogP contribution in [-0.2, 0) is 4.79 Å². The summed E-state index contributed by atoms with van der Waals surface area (Å²) in [4.78, 5) is 23.9. The summed E-state index contributed by atoms with van der Waals surface area (Å²) < 4.78 is 0. The molecule has 4 N–H and O–H groups in total. The molecule has 1 aromatic carbocycles. The second-order valence-corrected chi connectivity index (χ2v) is 6.24. The SMILES string of the molecule is Cc1cc(C(=O)NCC(C)C)ccc1NC(=O)C1(N)CC1.Cl. The van der Waals surface area contributed by atoms with Gasteiger partial charge < -0.3 is 16.4 Å². The Bertz CT molecular complexity index is 569. The normalized spacial score (nSPS) is 15.0. The second-order valence-electron chi connectivity index (χ2n) is 6.24. The maximum atomic E-state index is 12.0. The van der Waals surface area contributed by atoms with Crippen molar-refractivity contribution in [2.24, 2.45) is 11.7 Å². The van der Waals surface area contributed by atoms with Gasteiger partial charge in [-0.2, -0.15) is 0 Å². The van der Waals surface area contributed by atoms with Crippen LogP contribution < -0.4 is 16.4 Å². The summed E-state index contributed by atoms with van der Waals surface area (Å²) in [5, 5.41) is 5.71. The van der Waals surface area contributed by atoms with Crippen molar-refractivity contribution in [1.29, 1.82) is 0 Å². The Balaban J connectivity index is 0.00000242. The number of carbonyl (C=O) groups is 2. The molecule has 0 spiro atoms. The van der Waals surface area contributed by atoms with Gasteiger partial charge in [-0.05, 0) is 49.4 Å². The minimum absolute atomic E-state index is 0. The molecule has 0 aliphatic heterocycles. The number of halogens is 1. The zero-order valence-electron chi connectivity index (χ0n) is 13.2. The Hall–Kier alpha value is -1.59. The molecule has 1 aromatic rings. The Morgan fingerprint density at radius 2 is 1.95 bits per heavy atom. The molecule has 0 unspecified atom stereocenters. The summed E-state index contributed by atoms with van der Waals surface area (Å²) in [6, 6.07) is 5.25. The molecular formula is C16H24ClN3O2. The van der Waals surface area contributed by atoms with Gasteiger partial charge in [-0.1, -0.05) is 13.8 Å². The van der Waals surface area contributed by atoms with Gasteiger partial charge in [0.1, 0.15) is 0 Å². The molecule has 0 saturated heterocycles. The van der Waals surface area contributed by atoms with E-state index in [-0.39, 0.29) is 24.2 Å². The third kappa shape index (κ3) is 4.45. The van der Waals surface area contributed by atoms with E-state index in [1.807, 2.05) is 20.8 Å². The van der Waals surface area contributed by atoms with Crippen LogP contribution in [0.15, 0.2) is 18.2 Å². The van der Waals surface area contributed by atoms with E-state index < -0.39 is 5.54 Å². The summed E-state index contributed by atoms with van der Waals surface area (Å²) in [6.07, 6.45) is 1.46. The first-order valence-electron chi connectivity index (χ1n) is 7.31. The molecule has 2 rings (SSSR count). The van der Waals surface area contributed by atoms with Crippen molar-refractivity contribution < 1.29 is 9.59 Å². The lowest BCUT2D eigenvalue weighted by molar-refractivity contribution is -0.118. The third-order valence-electron chi connectivity index (χ3n) is 3.65. The fourth-order valence-electron chi connectivity index (χ4n) is 1.95. The number of carbonyl (C=O) groups excluding carboxylic acids is 2. The van der Waals surface area contributed by atoms with Crippen molar-refractivity contribution in [2.75, 3.05) is 11.9 Å². The first-order chi connectivity index (χ1) is 9.82. The van der Waals surface area contributed by atoms with Crippen molar-refractivity contribution in [3.63, 3.8) is 0 Å². The molecule has 0 bridgehead atoms. The van der Waals surface area contributed by atoms with E-state index in [0.717, 1.165) is 18.4 Å². The van der Waals surface area contributed by atoms with Crippen molar-refractivity contribution >= 4 is 29.9 Å². The summed E-state index contributed by atoms with van der Waals surface area (Å²) >= 11 is 0. The number of rotatable bonds is 5. The molecule has 0 atom stereocenters. The zero-order valence-corrected chi connectivity index (χ0v) is 14.0. The highest BCUT2D eigenvalue weighted by Gasteiger charge is 2.46. The molecule has 122 valence electrons. The molecule has 5 nitrogen and oxygen atoms in total. The van der Waals surface area contributed by atoms with Gasteiger partial charge in [-0.15, -0.1) is 12.4 Å². The molecule has 1 aliphatic rings. The lowest BCUT2D eigenvalue weighted by Crippen LogP contribution is -2.38. The van der Waals surface area contributed by atoms with E-state index in [2.05, 4.69) is 10.6 Å². The average molecular weight is 326 g/mol. The average Bonchev–Trinajstić information content (AvgIpc) is 3.17. The van der Waals surface area contributed by atoms with E-state index in [1.54, 1.807) is 18.2 Å². The second kappa shape index (κ2) is 7.11. The number of anilines is 1. The number of nitrogens with two attached hydrogens (primary N) is 1. The van der Waals surface area contributed by atoms with Crippen molar-refractivity contribution in [2.45, 2.75) is 39.2 Å². The first kappa shape index (κ1) is 18.5. The predicted molar refractivity (Wildman–Crippen MR) is 90.4 cm³/mol. The largest absolute Gasteiger partial charge is 0.352 e. The maximum Gasteiger partial charge on any atom is 0.251 e. The van der Waals surface area contributed by atoms with Gasteiger partial charge in [0.25, 0.3) is 5.91 Å². The Morgan fingerprint density at radius 3 is 2.45 bits per heavy atom. The smallest absolute Gasteiger partial charge is 0.251 e. The summed E-state index contributed by atoms with van der Waals surface area (Å²) in [5.41, 5.74) is 7.32. The van der Waals surface area contributed by atoms with Gasteiger partial charge in [0.2, 0.25) is 5.91 Å². The highest BCUT2D eigenvalue weighted by molar-refractivity contribution is 6.01. The van der Waals surface area contributed by atoms with Crippen LogP contribution in [0.4, 0.5) is 5.69 Å². The summed E-state index contributed by atoms with van der Waals surface area (Å²) in [5.74, 6) is 0.165. The minimum Gasteiger partial charge on any atom is -0.352 e. The molecule has 0 aromatic heterocycles. The molecular weight excluding hydrogens is 302 g/mol.